The van der Waals surface area contributed by atoms with E-state index in [1.54, 1.807) is 10.7 Å². The lowest BCUT2D eigenvalue weighted by Crippen LogP contribution is -2.16. The molecule has 1 aliphatic heterocycles. The highest BCUT2D eigenvalue weighted by atomic mass is 19.1. The molecule has 12 heavy (non-hydrogen) atoms. The molecule has 3 nitrogen and oxygen atoms in total. The van der Waals surface area contributed by atoms with E-state index >= 15 is 0 Å². The Hall–Kier alpha value is -1.19. The Labute approximate surface area is 69.2 Å². The first-order valence-electron chi connectivity index (χ1n) is 3.97. The number of rotatable bonds is 1. The summed E-state index contributed by atoms with van der Waals surface area (Å²) in [6, 6.07) is 1.54. The highest BCUT2D eigenvalue weighted by Crippen LogP contribution is 2.15. The Bertz CT molecular complexity index is 319. The van der Waals surface area contributed by atoms with Crippen LogP contribution in [0.15, 0.2) is 6.07 Å². The molecule has 1 aromatic rings. The lowest BCUT2D eigenvalue weighted by molar-refractivity contribution is 0.0951. The normalized spacial score (nSPS) is 16.2. The molecule has 0 amide bonds. The SMILES string of the molecule is O=C1CCCn2nc(CF)cc21. The molecule has 0 unspecified atom stereocenters. The fraction of sp³-hybridized carbons (Fsp3) is 0.500. The number of fused-ring (bicyclic) bond motifs is 1. The Morgan fingerprint density at radius 3 is 3.17 bits per heavy atom. The van der Waals surface area contributed by atoms with E-state index in [1.807, 2.05) is 0 Å². The molecule has 0 aliphatic carbocycles. The lowest BCUT2D eigenvalue weighted by atomic mass is 10.1. The summed E-state index contributed by atoms with van der Waals surface area (Å²) in [5.41, 5.74) is 0.925. The van der Waals surface area contributed by atoms with Crippen molar-refractivity contribution >= 4 is 5.78 Å². The molecular weight excluding hydrogens is 159 g/mol. The van der Waals surface area contributed by atoms with Gasteiger partial charge < -0.3 is 0 Å². The molecule has 64 valence electrons. The van der Waals surface area contributed by atoms with Crippen LogP contribution in [0.25, 0.3) is 0 Å². The van der Waals surface area contributed by atoms with Crippen molar-refractivity contribution in [3.8, 4) is 0 Å². The van der Waals surface area contributed by atoms with Crippen LogP contribution in [-0.2, 0) is 13.2 Å². The van der Waals surface area contributed by atoms with E-state index in [0.717, 1.165) is 13.0 Å². The predicted octanol–water partition coefficient (Wildman–Crippen LogP) is 1.33. The fourth-order valence-electron chi connectivity index (χ4n) is 1.45. The number of carbonyl (C=O) groups is 1. The van der Waals surface area contributed by atoms with E-state index in [1.165, 1.54) is 0 Å². The molecule has 0 saturated heterocycles. The smallest absolute Gasteiger partial charge is 0.180 e. The van der Waals surface area contributed by atoms with Gasteiger partial charge >= 0.3 is 0 Å². The van der Waals surface area contributed by atoms with Crippen LogP contribution >= 0.6 is 0 Å². The third-order valence-electron chi connectivity index (χ3n) is 2.03. The zero-order valence-electron chi connectivity index (χ0n) is 6.59. The minimum Gasteiger partial charge on any atom is -0.292 e. The average molecular weight is 168 g/mol. The van der Waals surface area contributed by atoms with Gasteiger partial charge in [-0.3, -0.25) is 9.48 Å². The van der Waals surface area contributed by atoms with Crippen molar-refractivity contribution in [2.24, 2.45) is 0 Å². The Balaban J connectivity index is 2.43. The Kier molecular flexibility index (Phi) is 1.67. The van der Waals surface area contributed by atoms with Gasteiger partial charge in [-0.05, 0) is 12.5 Å². The minimum atomic E-state index is -0.590. The fourth-order valence-corrected chi connectivity index (χ4v) is 1.45. The van der Waals surface area contributed by atoms with Crippen molar-refractivity contribution in [2.45, 2.75) is 26.1 Å². The number of Topliss-reactive ketones (excluding diaryl/α,β-unsaturated/α-hetero) is 1. The molecule has 0 N–H and O–H groups in total. The molecule has 2 heterocycles. The summed E-state index contributed by atoms with van der Waals surface area (Å²) in [6.45, 7) is 0.147. The van der Waals surface area contributed by atoms with Gasteiger partial charge in [-0.25, -0.2) is 4.39 Å². The van der Waals surface area contributed by atoms with E-state index in [0.29, 0.717) is 17.8 Å². The van der Waals surface area contributed by atoms with Crippen molar-refractivity contribution in [3.63, 3.8) is 0 Å². The van der Waals surface area contributed by atoms with Gasteiger partial charge in [0.25, 0.3) is 0 Å². The van der Waals surface area contributed by atoms with Crippen LogP contribution in [0, 0.1) is 0 Å². The third kappa shape index (κ3) is 1.03. The topological polar surface area (TPSA) is 34.9 Å². The maximum Gasteiger partial charge on any atom is 0.180 e. The van der Waals surface area contributed by atoms with E-state index in [-0.39, 0.29) is 5.78 Å². The maximum atomic E-state index is 12.2. The number of alkyl halides is 1. The number of aryl methyl sites for hydroxylation is 1. The standard InChI is InChI=1S/C8H9FN2O/c9-5-6-4-7-8(12)2-1-3-11(7)10-6/h4H,1-3,5H2. The molecule has 0 spiro atoms. The molecule has 0 radical (unpaired) electrons. The maximum absolute atomic E-state index is 12.2. The van der Waals surface area contributed by atoms with Crippen LogP contribution in [-0.4, -0.2) is 15.6 Å². The minimum absolute atomic E-state index is 0.0773. The molecule has 1 aromatic heterocycles. The summed E-state index contributed by atoms with van der Waals surface area (Å²) in [6.07, 6.45) is 1.39. The highest BCUT2D eigenvalue weighted by Gasteiger charge is 2.18. The summed E-state index contributed by atoms with van der Waals surface area (Å²) < 4.78 is 13.7. The van der Waals surface area contributed by atoms with Gasteiger partial charge in [0.15, 0.2) is 5.78 Å². The summed E-state index contributed by atoms with van der Waals surface area (Å²) in [4.78, 5) is 11.2. The van der Waals surface area contributed by atoms with Crippen molar-refractivity contribution < 1.29 is 9.18 Å². The summed E-state index contributed by atoms with van der Waals surface area (Å²) in [5, 5.41) is 3.94. The van der Waals surface area contributed by atoms with Crippen molar-refractivity contribution in [3.05, 3.63) is 17.5 Å². The van der Waals surface area contributed by atoms with E-state index in [4.69, 9.17) is 0 Å². The van der Waals surface area contributed by atoms with Crippen molar-refractivity contribution in [1.82, 2.24) is 9.78 Å². The third-order valence-corrected chi connectivity index (χ3v) is 2.03. The number of aromatic nitrogens is 2. The Morgan fingerprint density at radius 2 is 2.50 bits per heavy atom. The van der Waals surface area contributed by atoms with Crippen LogP contribution in [0.2, 0.25) is 0 Å². The van der Waals surface area contributed by atoms with Crippen molar-refractivity contribution in [2.75, 3.05) is 0 Å². The second-order valence-corrected chi connectivity index (χ2v) is 2.90. The van der Waals surface area contributed by atoms with Crippen LogP contribution in [0.1, 0.15) is 29.0 Å². The second-order valence-electron chi connectivity index (χ2n) is 2.90. The number of carbonyl (C=O) groups excluding carboxylic acids is 1. The number of hydrogen-bond donors (Lipinski definition) is 0. The first-order valence-corrected chi connectivity index (χ1v) is 3.97. The predicted molar refractivity (Wildman–Crippen MR) is 40.6 cm³/mol. The van der Waals surface area contributed by atoms with Gasteiger partial charge in [0.1, 0.15) is 12.4 Å². The monoisotopic (exact) mass is 168 g/mol. The lowest BCUT2D eigenvalue weighted by Gasteiger charge is -2.10. The molecule has 1 aliphatic rings. The average Bonchev–Trinajstić information content (AvgIpc) is 2.49. The molecular formula is C8H9FN2O. The number of nitrogens with zero attached hydrogens (tertiary/aromatic N) is 2. The zero-order chi connectivity index (χ0) is 8.55. The second kappa shape index (κ2) is 2.69. The van der Waals surface area contributed by atoms with Crippen LogP contribution in [0.4, 0.5) is 4.39 Å². The summed E-state index contributed by atoms with van der Waals surface area (Å²) in [7, 11) is 0. The quantitative estimate of drug-likeness (QED) is 0.634. The van der Waals surface area contributed by atoms with Gasteiger partial charge in [-0.15, -0.1) is 0 Å². The molecule has 0 saturated carbocycles. The van der Waals surface area contributed by atoms with Gasteiger partial charge in [0.2, 0.25) is 0 Å². The van der Waals surface area contributed by atoms with Crippen molar-refractivity contribution in [1.29, 1.82) is 0 Å². The summed E-state index contributed by atoms with van der Waals surface area (Å²) in [5.74, 6) is 0.0773. The molecule has 0 atom stereocenters. The van der Waals surface area contributed by atoms with Crippen LogP contribution in [0.5, 0.6) is 0 Å². The van der Waals surface area contributed by atoms with Gasteiger partial charge in [-0.1, -0.05) is 0 Å². The van der Waals surface area contributed by atoms with E-state index in [2.05, 4.69) is 5.10 Å². The molecule has 0 fully saturated rings. The Morgan fingerprint density at radius 1 is 1.67 bits per heavy atom. The first-order chi connectivity index (χ1) is 5.81. The summed E-state index contributed by atoms with van der Waals surface area (Å²) >= 11 is 0. The van der Waals surface area contributed by atoms with Gasteiger partial charge in [0, 0.05) is 13.0 Å². The number of hydrogen-bond acceptors (Lipinski definition) is 2. The molecule has 2 rings (SSSR count). The van der Waals surface area contributed by atoms with Gasteiger partial charge in [0.05, 0.1) is 5.69 Å². The van der Waals surface area contributed by atoms with Crippen LogP contribution in [0.3, 0.4) is 0 Å². The molecule has 0 bridgehead atoms. The molecule has 0 aromatic carbocycles. The first kappa shape index (κ1) is 7.46. The molecule has 4 heteroatoms. The van der Waals surface area contributed by atoms with Crippen LogP contribution < -0.4 is 0 Å². The zero-order valence-corrected chi connectivity index (χ0v) is 6.59. The van der Waals surface area contributed by atoms with E-state index < -0.39 is 6.67 Å². The highest BCUT2D eigenvalue weighted by molar-refractivity contribution is 5.95. The number of ketones is 1. The van der Waals surface area contributed by atoms with E-state index in [9.17, 15) is 9.18 Å². The number of halogens is 1. The largest absolute Gasteiger partial charge is 0.292 e. The van der Waals surface area contributed by atoms with Gasteiger partial charge in [-0.2, -0.15) is 5.10 Å².